The molecular weight excluding hydrogens is 222 g/mol. The third-order valence-electron chi connectivity index (χ3n) is 2.67. The second kappa shape index (κ2) is 6.06. The molecule has 0 aliphatic heterocycles. The van der Waals surface area contributed by atoms with Crippen molar-refractivity contribution in [2.24, 2.45) is 5.92 Å². The highest BCUT2D eigenvalue weighted by Gasteiger charge is 2.14. The number of nitrogen functional groups attached to an aromatic ring is 1. The Kier molecular flexibility index (Phi) is 5.03. The molecule has 0 aromatic carbocycles. The van der Waals surface area contributed by atoms with Crippen LogP contribution in [0.5, 0.6) is 0 Å². The van der Waals surface area contributed by atoms with Gasteiger partial charge in [-0.2, -0.15) is 0 Å². The van der Waals surface area contributed by atoms with Gasteiger partial charge < -0.3 is 11.1 Å². The first kappa shape index (κ1) is 13.3. The topological polar surface area (TPSA) is 50.9 Å². The highest BCUT2D eigenvalue weighted by Crippen LogP contribution is 2.26. The third-order valence-corrected chi connectivity index (χ3v) is 2.88. The predicted octanol–water partition coefficient (Wildman–Crippen LogP) is 3.01. The van der Waals surface area contributed by atoms with Crippen molar-refractivity contribution in [2.75, 3.05) is 12.8 Å². The Labute approximate surface area is 102 Å². The number of nitrogens with two attached hydrogens (primary N) is 1. The maximum absolute atomic E-state index is 5.93. The van der Waals surface area contributed by atoms with E-state index in [-0.39, 0.29) is 6.04 Å². The molecule has 3 N–H and O–H groups in total. The van der Waals surface area contributed by atoms with Crippen LogP contribution < -0.4 is 11.1 Å². The molecule has 4 heteroatoms. The molecule has 1 aromatic heterocycles. The molecule has 1 rings (SSSR count). The number of halogens is 1. The fourth-order valence-electron chi connectivity index (χ4n) is 1.70. The molecule has 16 heavy (non-hydrogen) atoms. The summed E-state index contributed by atoms with van der Waals surface area (Å²) in [5.74, 6) is 1.25. The molecule has 3 nitrogen and oxygen atoms in total. The van der Waals surface area contributed by atoms with E-state index in [4.69, 9.17) is 17.3 Å². The van der Waals surface area contributed by atoms with Gasteiger partial charge in [-0.1, -0.05) is 25.4 Å². The molecule has 0 amide bonds. The highest BCUT2D eigenvalue weighted by atomic mass is 35.5. The van der Waals surface area contributed by atoms with Crippen molar-refractivity contribution in [3.63, 3.8) is 0 Å². The Balaban J connectivity index is 2.81. The Hall–Kier alpha value is -0.800. The van der Waals surface area contributed by atoms with Crippen LogP contribution in [0, 0.1) is 5.92 Å². The molecule has 1 heterocycles. The summed E-state index contributed by atoms with van der Waals surface area (Å²) in [6.07, 6.45) is 3.77. The number of pyridine rings is 1. The van der Waals surface area contributed by atoms with Gasteiger partial charge >= 0.3 is 0 Å². The molecular formula is C12H20ClN3. The number of nitrogens with one attached hydrogen (secondary N) is 1. The lowest BCUT2D eigenvalue weighted by atomic mass is 9.98. The maximum atomic E-state index is 5.93. The highest BCUT2D eigenvalue weighted by molar-refractivity contribution is 6.30. The van der Waals surface area contributed by atoms with Gasteiger partial charge in [0.05, 0.1) is 5.02 Å². The molecule has 0 aliphatic carbocycles. The molecule has 0 radical (unpaired) electrons. The largest absolute Gasteiger partial charge is 0.383 e. The molecule has 1 unspecified atom stereocenters. The zero-order chi connectivity index (χ0) is 12.1. The SMILES string of the molecule is CNC(CCC(C)C)c1cc(Cl)cnc1N. The molecule has 1 aromatic rings. The number of hydrogen-bond donors (Lipinski definition) is 2. The standard InChI is InChI=1S/C12H20ClN3/c1-8(2)4-5-11(15-3)10-6-9(13)7-16-12(10)14/h6-8,11,15H,4-5H2,1-3H3,(H2,14,16). The summed E-state index contributed by atoms with van der Waals surface area (Å²) in [5.41, 5.74) is 6.86. The van der Waals surface area contributed by atoms with Gasteiger partial charge in [0.15, 0.2) is 0 Å². The first-order valence-corrected chi connectivity index (χ1v) is 6.00. The third kappa shape index (κ3) is 3.65. The summed E-state index contributed by atoms with van der Waals surface area (Å²) in [5, 5.41) is 3.90. The molecule has 1 atom stereocenters. The van der Waals surface area contributed by atoms with Crippen molar-refractivity contribution in [1.29, 1.82) is 0 Å². The molecule has 0 aliphatic rings. The van der Waals surface area contributed by atoms with Crippen LogP contribution >= 0.6 is 11.6 Å². The Morgan fingerprint density at radius 1 is 1.44 bits per heavy atom. The minimum absolute atomic E-state index is 0.230. The van der Waals surface area contributed by atoms with E-state index in [2.05, 4.69) is 24.1 Å². The smallest absolute Gasteiger partial charge is 0.128 e. The summed E-state index contributed by atoms with van der Waals surface area (Å²) < 4.78 is 0. The van der Waals surface area contributed by atoms with E-state index in [1.54, 1.807) is 6.20 Å². The van der Waals surface area contributed by atoms with E-state index in [0.29, 0.717) is 16.8 Å². The van der Waals surface area contributed by atoms with Crippen LogP contribution in [-0.4, -0.2) is 12.0 Å². The lowest BCUT2D eigenvalue weighted by molar-refractivity contribution is 0.465. The zero-order valence-electron chi connectivity index (χ0n) is 10.1. The van der Waals surface area contributed by atoms with Crippen LogP contribution in [0.3, 0.4) is 0 Å². The van der Waals surface area contributed by atoms with Crippen molar-refractivity contribution in [3.8, 4) is 0 Å². The summed E-state index contributed by atoms with van der Waals surface area (Å²) in [7, 11) is 1.94. The molecule has 0 saturated carbocycles. The van der Waals surface area contributed by atoms with Crippen LogP contribution in [0.2, 0.25) is 5.02 Å². The summed E-state index contributed by atoms with van der Waals surface area (Å²) in [6, 6.07) is 2.12. The number of aromatic nitrogens is 1. The summed E-state index contributed by atoms with van der Waals surface area (Å²) in [4.78, 5) is 4.08. The zero-order valence-corrected chi connectivity index (χ0v) is 10.9. The number of rotatable bonds is 5. The minimum atomic E-state index is 0.230. The van der Waals surface area contributed by atoms with E-state index < -0.39 is 0 Å². The van der Waals surface area contributed by atoms with E-state index in [1.807, 2.05) is 13.1 Å². The minimum Gasteiger partial charge on any atom is -0.383 e. The van der Waals surface area contributed by atoms with Gasteiger partial charge in [0.25, 0.3) is 0 Å². The van der Waals surface area contributed by atoms with Crippen molar-refractivity contribution >= 4 is 17.4 Å². The first-order valence-electron chi connectivity index (χ1n) is 5.62. The van der Waals surface area contributed by atoms with Crippen molar-refractivity contribution in [3.05, 3.63) is 22.8 Å². The van der Waals surface area contributed by atoms with E-state index in [9.17, 15) is 0 Å². The Morgan fingerprint density at radius 3 is 2.69 bits per heavy atom. The first-order chi connectivity index (χ1) is 7.54. The molecule has 90 valence electrons. The van der Waals surface area contributed by atoms with Crippen LogP contribution in [0.25, 0.3) is 0 Å². The predicted molar refractivity (Wildman–Crippen MR) is 69.5 cm³/mol. The van der Waals surface area contributed by atoms with Crippen LogP contribution in [-0.2, 0) is 0 Å². The number of nitrogens with zero attached hydrogens (tertiary/aromatic N) is 1. The maximum Gasteiger partial charge on any atom is 0.128 e. The van der Waals surface area contributed by atoms with Gasteiger partial charge in [-0.25, -0.2) is 4.98 Å². The molecule has 0 saturated heterocycles. The van der Waals surface area contributed by atoms with E-state index in [0.717, 1.165) is 18.4 Å². The van der Waals surface area contributed by atoms with Gasteiger partial charge in [-0.3, -0.25) is 0 Å². The normalized spacial score (nSPS) is 13.1. The Bertz CT molecular complexity index is 339. The summed E-state index contributed by atoms with van der Waals surface area (Å²) in [6.45, 7) is 4.43. The van der Waals surface area contributed by atoms with Crippen LogP contribution in [0.1, 0.15) is 38.3 Å². The summed E-state index contributed by atoms with van der Waals surface area (Å²) >= 11 is 5.93. The van der Waals surface area contributed by atoms with Gasteiger partial charge in [-0.15, -0.1) is 0 Å². The monoisotopic (exact) mass is 241 g/mol. The fraction of sp³-hybridized carbons (Fsp3) is 0.583. The van der Waals surface area contributed by atoms with Crippen molar-refractivity contribution in [1.82, 2.24) is 10.3 Å². The molecule has 0 bridgehead atoms. The number of hydrogen-bond acceptors (Lipinski definition) is 3. The van der Waals surface area contributed by atoms with Crippen molar-refractivity contribution in [2.45, 2.75) is 32.7 Å². The lowest BCUT2D eigenvalue weighted by Gasteiger charge is -2.19. The number of anilines is 1. The van der Waals surface area contributed by atoms with E-state index in [1.165, 1.54) is 0 Å². The lowest BCUT2D eigenvalue weighted by Crippen LogP contribution is -2.19. The Morgan fingerprint density at radius 2 is 2.12 bits per heavy atom. The quantitative estimate of drug-likeness (QED) is 0.833. The van der Waals surface area contributed by atoms with E-state index >= 15 is 0 Å². The second-order valence-corrected chi connectivity index (χ2v) is 4.88. The second-order valence-electron chi connectivity index (χ2n) is 4.44. The van der Waals surface area contributed by atoms with Gasteiger partial charge in [0.1, 0.15) is 5.82 Å². The fourth-order valence-corrected chi connectivity index (χ4v) is 1.87. The van der Waals surface area contributed by atoms with Gasteiger partial charge in [-0.05, 0) is 31.9 Å². The van der Waals surface area contributed by atoms with Gasteiger partial charge in [0, 0.05) is 17.8 Å². The molecule has 0 spiro atoms. The van der Waals surface area contributed by atoms with Crippen LogP contribution in [0.4, 0.5) is 5.82 Å². The van der Waals surface area contributed by atoms with Crippen LogP contribution in [0.15, 0.2) is 12.3 Å². The molecule has 0 fully saturated rings. The average Bonchev–Trinajstić information content (AvgIpc) is 2.23. The van der Waals surface area contributed by atoms with Crippen molar-refractivity contribution < 1.29 is 0 Å². The van der Waals surface area contributed by atoms with Gasteiger partial charge in [0.2, 0.25) is 0 Å². The average molecular weight is 242 g/mol.